The third-order valence-corrected chi connectivity index (χ3v) is 4.92. The molecule has 0 radical (unpaired) electrons. The molecular weight excluding hydrogens is 466 g/mol. The first-order valence-electron chi connectivity index (χ1n) is 9.62. The standard InChI is InChI=1S/C22H26BrN3O3S/c1-14(2)10-11-29-19-9-6-16(23)13-18(19)21(28)26-22(30)25-17-7-4-15(5-8-17)12-20(27)24-3/h4-9,13-14H,10-12H2,1-3H3,(H,24,27)(H2,25,26,28,30). The number of halogens is 1. The predicted octanol–water partition coefficient (Wildman–Crippen LogP) is 4.29. The van der Waals surface area contributed by atoms with Crippen LogP contribution in [0.4, 0.5) is 5.69 Å². The Kier molecular flexibility index (Phi) is 9.26. The molecule has 0 heterocycles. The van der Waals surface area contributed by atoms with E-state index in [0.29, 0.717) is 35.9 Å². The number of anilines is 1. The number of nitrogens with one attached hydrogen (secondary N) is 3. The number of hydrogen-bond donors (Lipinski definition) is 3. The molecule has 0 unspecified atom stereocenters. The lowest BCUT2D eigenvalue weighted by Gasteiger charge is -2.14. The molecule has 0 bridgehead atoms. The number of thiocarbonyl (C=S) groups is 1. The molecular formula is C22H26BrN3O3S. The van der Waals surface area contributed by atoms with Crippen LogP contribution >= 0.6 is 28.1 Å². The monoisotopic (exact) mass is 491 g/mol. The van der Waals surface area contributed by atoms with Crippen molar-refractivity contribution in [1.29, 1.82) is 0 Å². The second kappa shape index (κ2) is 11.7. The Morgan fingerprint density at radius 3 is 2.47 bits per heavy atom. The first-order chi connectivity index (χ1) is 14.3. The Labute approximate surface area is 190 Å². The molecule has 0 aliphatic carbocycles. The minimum absolute atomic E-state index is 0.0565. The van der Waals surface area contributed by atoms with Gasteiger partial charge in [0.2, 0.25) is 5.91 Å². The van der Waals surface area contributed by atoms with Gasteiger partial charge in [-0.25, -0.2) is 0 Å². The number of amides is 2. The van der Waals surface area contributed by atoms with Crippen LogP contribution in [0.25, 0.3) is 0 Å². The SMILES string of the molecule is CNC(=O)Cc1ccc(NC(=S)NC(=O)c2cc(Br)ccc2OCCC(C)C)cc1. The van der Waals surface area contributed by atoms with Crippen molar-refractivity contribution in [2.24, 2.45) is 5.92 Å². The number of rotatable bonds is 8. The minimum Gasteiger partial charge on any atom is -0.493 e. The summed E-state index contributed by atoms with van der Waals surface area (Å²) in [4.78, 5) is 24.2. The zero-order valence-corrected chi connectivity index (χ0v) is 19.7. The molecule has 0 spiro atoms. The zero-order valence-electron chi connectivity index (χ0n) is 17.3. The van der Waals surface area contributed by atoms with E-state index < -0.39 is 0 Å². The quantitative estimate of drug-likeness (QED) is 0.480. The second-order valence-corrected chi connectivity index (χ2v) is 8.45. The maximum atomic E-state index is 12.7. The first kappa shape index (κ1) is 23.8. The summed E-state index contributed by atoms with van der Waals surface area (Å²) >= 11 is 8.66. The number of hydrogen-bond acceptors (Lipinski definition) is 4. The van der Waals surface area contributed by atoms with Crippen LogP contribution in [0.3, 0.4) is 0 Å². The topological polar surface area (TPSA) is 79.5 Å². The fourth-order valence-electron chi connectivity index (χ4n) is 2.52. The third-order valence-electron chi connectivity index (χ3n) is 4.22. The smallest absolute Gasteiger partial charge is 0.261 e. The fraction of sp³-hybridized carbons (Fsp3) is 0.318. The van der Waals surface area contributed by atoms with Crippen molar-refractivity contribution in [2.75, 3.05) is 19.0 Å². The molecule has 160 valence electrons. The van der Waals surface area contributed by atoms with Gasteiger partial charge in [0.15, 0.2) is 5.11 Å². The lowest BCUT2D eigenvalue weighted by Crippen LogP contribution is -2.34. The normalized spacial score (nSPS) is 10.4. The van der Waals surface area contributed by atoms with E-state index in [4.69, 9.17) is 17.0 Å². The van der Waals surface area contributed by atoms with Gasteiger partial charge in [-0.1, -0.05) is 41.9 Å². The van der Waals surface area contributed by atoms with Crippen LogP contribution < -0.4 is 20.7 Å². The van der Waals surface area contributed by atoms with Gasteiger partial charge in [-0.15, -0.1) is 0 Å². The van der Waals surface area contributed by atoms with Gasteiger partial charge in [0, 0.05) is 17.2 Å². The van der Waals surface area contributed by atoms with Crippen molar-refractivity contribution in [1.82, 2.24) is 10.6 Å². The largest absolute Gasteiger partial charge is 0.493 e. The molecule has 2 aromatic rings. The summed E-state index contributed by atoms with van der Waals surface area (Å²) in [6.07, 6.45) is 1.20. The number of likely N-dealkylation sites (N-methyl/N-ethyl adjacent to an activating group) is 1. The molecule has 0 saturated heterocycles. The molecule has 0 saturated carbocycles. The number of carbonyl (C=O) groups is 2. The van der Waals surface area contributed by atoms with Gasteiger partial charge in [0.05, 0.1) is 18.6 Å². The van der Waals surface area contributed by atoms with E-state index in [0.717, 1.165) is 16.5 Å². The van der Waals surface area contributed by atoms with Crippen molar-refractivity contribution >= 4 is 50.8 Å². The highest BCUT2D eigenvalue weighted by molar-refractivity contribution is 9.10. The van der Waals surface area contributed by atoms with Gasteiger partial charge >= 0.3 is 0 Å². The van der Waals surface area contributed by atoms with E-state index >= 15 is 0 Å². The predicted molar refractivity (Wildman–Crippen MR) is 127 cm³/mol. The van der Waals surface area contributed by atoms with Crippen molar-refractivity contribution < 1.29 is 14.3 Å². The summed E-state index contributed by atoms with van der Waals surface area (Å²) in [6, 6.07) is 12.6. The minimum atomic E-state index is -0.357. The molecule has 0 fully saturated rings. The van der Waals surface area contributed by atoms with Crippen molar-refractivity contribution in [3.63, 3.8) is 0 Å². The van der Waals surface area contributed by atoms with Crippen LogP contribution in [0, 0.1) is 5.92 Å². The molecule has 30 heavy (non-hydrogen) atoms. The lowest BCUT2D eigenvalue weighted by atomic mass is 10.1. The molecule has 3 N–H and O–H groups in total. The number of benzene rings is 2. The molecule has 2 rings (SSSR count). The average molecular weight is 492 g/mol. The van der Waals surface area contributed by atoms with Gasteiger partial charge in [0.1, 0.15) is 5.75 Å². The highest BCUT2D eigenvalue weighted by Gasteiger charge is 2.15. The Bertz CT molecular complexity index is 901. The average Bonchev–Trinajstić information content (AvgIpc) is 2.70. The summed E-state index contributed by atoms with van der Waals surface area (Å²) < 4.78 is 6.57. The van der Waals surface area contributed by atoms with Gasteiger partial charge < -0.3 is 15.4 Å². The number of carbonyl (C=O) groups excluding carboxylic acids is 2. The van der Waals surface area contributed by atoms with Crippen LogP contribution in [0.15, 0.2) is 46.9 Å². The van der Waals surface area contributed by atoms with Gasteiger partial charge in [-0.3, -0.25) is 14.9 Å². The Morgan fingerprint density at radius 2 is 1.83 bits per heavy atom. The molecule has 0 aromatic heterocycles. The summed E-state index contributed by atoms with van der Waals surface area (Å²) in [6.45, 7) is 4.77. The maximum absolute atomic E-state index is 12.7. The lowest BCUT2D eigenvalue weighted by molar-refractivity contribution is -0.119. The molecule has 2 aromatic carbocycles. The van der Waals surface area contributed by atoms with E-state index in [1.165, 1.54) is 0 Å². The molecule has 6 nitrogen and oxygen atoms in total. The van der Waals surface area contributed by atoms with E-state index in [1.807, 2.05) is 18.2 Å². The molecule has 0 atom stereocenters. The second-order valence-electron chi connectivity index (χ2n) is 7.13. The Morgan fingerprint density at radius 1 is 1.13 bits per heavy atom. The van der Waals surface area contributed by atoms with E-state index in [1.54, 1.807) is 31.3 Å². The molecule has 2 amide bonds. The van der Waals surface area contributed by atoms with Crippen LogP contribution in [-0.4, -0.2) is 30.6 Å². The van der Waals surface area contributed by atoms with Gasteiger partial charge in [-0.05, 0) is 60.5 Å². The highest BCUT2D eigenvalue weighted by Crippen LogP contribution is 2.24. The fourth-order valence-corrected chi connectivity index (χ4v) is 3.09. The molecule has 8 heteroatoms. The summed E-state index contributed by atoms with van der Waals surface area (Å²) in [5.41, 5.74) is 1.99. The van der Waals surface area contributed by atoms with Crippen LogP contribution in [0.1, 0.15) is 36.2 Å². The maximum Gasteiger partial charge on any atom is 0.261 e. The van der Waals surface area contributed by atoms with E-state index in [2.05, 4.69) is 45.7 Å². The van der Waals surface area contributed by atoms with Crippen LogP contribution in [0.5, 0.6) is 5.75 Å². The Hall–Kier alpha value is -2.45. The summed E-state index contributed by atoms with van der Waals surface area (Å²) in [5.74, 6) is 0.610. The zero-order chi connectivity index (χ0) is 22.1. The Balaban J connectivity index is 1.99. The number of ether oxygens (including phenoxy) is 1. The summed E-state index contributed by atoms with van der Waals surface area (Å²) in [5, 5.41) is 8.42. The van der Waals surface area contributed by atoms with Crippen LogP contribution in [0.2, 0.25) is 0 Å². The van der Waals surface area contributed by atoms with Crippen molar-refractivity contribution in [2.45, 2.75) is 26.7 Å². The van der Waals surface area contributed by atoms with Gasteiger partial charge in [-0.2, -0.15) is 0 Å². The molecule has 0 aliphatic heterocycles. The summed E-state index contributed by atoms with van der Waals surface area (Å²) in [7, 11) is 1.60. The molecule has 0 aliphatic rings. The third kappa shape index (κ3) is 7.76. The van der Waals surface area contributed by atoms with Crippen molar-refractivity contribution in [3.8, 4) is 5.75 Å². The van der Waals surface area contributed by atoms with Crippen LogP contribution in [-0.2, 0) is 11.2 Å². The first-order valence-corrected chi connectivity index (χ1v) is 10.8. The highest BCUT2D eigenvalue weighted by atomic mass is 79.9. The van der Waals surface area contributed by atoms with E-state index in [-0.39, 0.29) is 16.9 Å². The van der Waals surface area contributed by atoms with Gasteiger partial charge in [0.25, 0.3) is 5.91 Å². The van der Waals surface area contributed by atoms with E-state index in [9.17, 15) is 9.59 Å². The van der Waals surface area contributed by atoms with Crippen molar-refractivity contribution in [3.05, 3.63) is 58.1 Å².